The summed E-state index contributed by atoms with van der Waals surface area (Å²) in [5, 5.41) is 3.85. The first kappa shape index (κ1) is 15.0. The van der Waals surface area contributed by atoms with Crippen molar-refractivity contribution in [3.05, 3.63) is 34.9 Å². The van der Waals surface area contributed by atoms with Gasteiger partial charge in [0.05, 0.1) is 6.61 Å². The number of benzene rings is 1. The highest BCUT2D eigenvalue weighted by atomic mass is 35.5. The normalized spacial score (nSPS) is 14.0. The highest BCUT2D eigenvalue weighted by Crippen LogP contribution is 2.25. The van der Waals surface area contributed by atoms with Crippen LogP contribution < -0.4 is 5.32 Å². The van der Waals surface area contributed by atoms with Crippen LogP contribution in [0.15, 0.2) is 24.3 Å². The van der Waals surface area contributed by atoms with Gasteiger partial charge in [0.2, 0.25) is 0 Å². The van der Waals surface area contributed by atoms with Gasteiger partial charge >= 0.3 is 5.97 Å². The molecule has 0 heterocycles. The van der Waals surface area contributed by atoms with Crippen molar-refractivity contribution < 1.29 is 9.53 Å². The van der Waals surface area contributed by atoms with Gasteiger partial charge in [-0.1, -0.05) is 30.7 Å². The molecule has 0 fully saturated rings. The van der Waals surface area contributed by atoms with Crippen molar-refractivity contribution in [1.82, 2.24) is 5.32 Å². The summed E-state index contributed by atoms with van der Waals surface area (Å²) in [6, 6.07) is 7.30. The number of carbonyl (C=O) groups is 1. The van der Waals surface area contributed by atoms with E-state index in [1.54, 1.807) is 19.1 Å². The number of esters is 1. The highest BCUT2D eigenvalue weighted by Gasteiger charge is 2.36. The molecule has 1 aromatic carbocycles. The van der Waals surface area contributed by atoms with Crippen LogP contribution in [0.2, 0.25) is 5.02 Å². The zero-order valence-electron chi connectivity index (χ0n) is 11.1. The molecule has 1 aromatic rings. The van der Waals surface area contributed by atoms with E-state index in [-0.39, 0.29) is 5.97 Å². The van der Waals surface area contributed by atoms with Crippen LogP contribution in [0.25, 0.3) is 0 Å². The molecule has 0 aliphatic heterocycles. The van der Waals surface area contributed by atoms with Crippen LogP contribution in [0.3, 0.4) is 0 Å². The number of hydrogen-bond donors (Lipinski definition) is 1. The SMILES string of the molecule is CCCNC(C)(C(=O)OCC)c1cccc(Cl)c1. The summed E-state index contributed by atoms with van der Waals surface area (Å²) < 4.78 is 5.15. The molecule has 0 saturated carbocycles. The smallest absolute Gasteiger partial charge is 0.330 e. The first-order valence-corrected chi connectivity index (χ1v) is 6.60. The van der Waals surface area contributed by atoms with Gasteiger partial charge in [-0.25, -0.2) is 4.79 Å². The second-order valence-electron chi connectivity index (χ2n) is 4.28. The Morgan fingerprint density at radius 3 is 2.72 bits per heavy atom. The molecule has 3 nitrogen and oxygen atoms in total. The van der Waals surface area contributed by atoms with Crippen molar-refractivity contribution in [1.29, 1.82) is 0 Å². The van der Waals surface area contributed by atoms with E-state index in [2.05, 4.69) is 12.2 Å². The minimum Gasteiger partial charge on any atom is -0.464 e. The number of carbonyl (C=O) groups excluding carboxylic acids is 1. The maximum Gasteiger partial charge on any atom is 0.330 e. The third kappa shape index (κ3) is 3.47. The minimum absolute atomic E-state index is 0.277. The lowest BCUT2D eigenvalue weighted by atomic mass is 9.92. The standard InChI is InChI=1S/C14H20ClNO2/c1-4-9-16-14(3,13(17)18-5-2)11-7-6-8-12(15)10-11/h6-8,10,16H,4-5,9H2,1-3H3. The summed E-state index contributed by atoms with van der Waals surface area (Å²) in [6.45, 7) is 6.78. The van der Waals surface area contributed by atoms with Crippen LogP contribution in [0.4, 0.5) is 0 Å². The van der Waals surface area contributed by atoms with Gasteiger partial charge in [0.15, 0.2) is 0 Å². The van der Waals surface area contributed by atoms with E-state index in [1.165, 1.54) is 0 Å². The summed E-state index contributed by atoms with van der Waals surface area (Å²) in [4.78, 5) is 12.2. The highest BCUT2D eigenvalue weighted by molar-refractivity contribution is 6.30. The maximum atomic E-state index is 12.2. The molecule has 1 rings (SSSR count). The van der Waals surface area contributed by atoms with E-state index in [1.807, 2.05) is 19.1 Å². The molecule has 1 atom stereocenters. The number of halogens is 1. The molecule has 4 heteroatoms. The second kappa shape index (κ2) is 6.76. The van der Waals surface area contributed by atoms with Gasteiger partial charge in [-0.05, 0) is 44.5 Å². The number of nitrogens with one attached hydrogen (secondary N) is 1. The number of hydrogen-bond acceptors (Lipinski definition) is 3. The molecule has 0 aromatic heterocycles. The molecule has 0 bridgehead atoms. The van der Waals surface area contributed by atoms with Crippen LogP contribution in [-0.2, 0) is 15.1 Å². The zero-order chi connectivity index (χ0) is 13.6. The first-order chi connectivity index (χ1) is 8.54. The molecule has 0 aliphatic rings. The predicted molar refractivity (Wildman–Crippen MR) is 73.7 cm³/mol. The fourth-order valence-electron chi connectivity index (χ4n) is 1.74. The molecule has 0 aliphatic carbocycles. The average Bonchev–Trinajstić information content (AvgIpc) is 2.36. The second-order valence-corrected chi connectivity index (χ2v) is 4.72. The Morgan fingerprint density at radius 1 is 1.44 bits per heavy atom. The summed E-state index contributed by atoms with van der Waals surface area (Å²) in [5.74, 6) is -0.277. The molecule has 0 amide bonds. The molecule has 0 radical (unpaired) electrons. The van der Waals surface area contributed by atoms with Crippen molar-refractivity contribution >= 4 is 17.6 Å². The van der Waals surface area contributed by atoms with E-state index in [4.69, 9.17) is 16.3 Å². The van der Waals surface area contributed by atoms with E-state index in [0.29, 0.717) is 11.6 Å². The summed E-state index contributed by atoms with van der Waals surface area (Å²) in [6.07, 6.45) is 0.940. The molecule has 18 heavy (non-hydrogen) atoms. The van der Waals surface area contributed by atoms with Crippen LogP contribution in [0.1, 0.15) is 32.8 Å². The lowest BCUT2D eigenvalue weighted by Gasteiger charge is -2.29. The van der Waals surface area contributed by atoms with Gasteiger partial charge in [-0.3, -0.25) is 5.32 Å². The summed E-state index contributed by atoms with van der Waals surface area (Å²) >= 11 is 5.99. The molecule has 100 valence electrons. The van der Waals surface area contributed by atoms with E-state index < -0.39 is 5.54 Å². The van der Waals surface area contributed by atoms with Gasteiger partial charge in [0.1, 0.15) is 5.54 Å². The van der Waals surface area contributed by atoms with Crippen molar-refractivity contribution in [2.45, 2.75) is 32.7 Å². The monoisotopic (exact) mass is 269 g/mol. The Kier molecular flexibility index (Phi) is 5.63. The van der Waals surface area contributed by atoms with E-state index >= 15 is 0 Å². The van der Waals surface area contributed by atoms with Crippen molar-refractivity contribution in [3.8, 4) is 0 Å². The Hall–Kier alpha value is -1.06. The predicted octanol–water partition coefficient (Wildman–Crippen LogP) is 3.12. The molecule has 1 unspecified atom stereocenters. The average molecular weight is 270 g/mol. The van der Waals surface area contributed by atoms with Gasteiger partial charge in [-0.2, -0.15) is 0 Å². The Balaban J connectivity index is 3.06. The van der Waals surface area contributed by atoms with Crippen molar-refractivity contribution in [2.75, 3.05) is 13.2 Å². The van der Waals surface area contributed by atoms with E-state index in [0.717, 1.165) is 18.5 Å². The van der Waals surface area contributed by atoms with E-state index in [9.17, 15) is 4.79 Å². The molecular weight excluding hydrogens is 250 g/mol. The minimum atomic E-state index is -0.850. The number of ether oxygens (including phenoxy) is 1. The Labute approximate surface area is 113 Å². The quantitative estimate of drug-likeness (QED) is 0.807. The Morgan fingerprint density at radius 2 is 2.17 bits per heavy atom. The zero-order valence-corrected chi connectivity index (χ0v) is 11.9. The third-order valence-corrected chi connectivity index (χ3v) is 3.05. The third-order valence-electron chi connectivity index (χ3n) is 2.81. The molecule has 1 N–H and O–H groups in total. The summed E-state index contributed by atoms with van der Waals surface area (Å²) in [5.41, 5.74) is -0.0291. The van der Waals surface area contributed by atoms with Crippen LogP contribution >= 0.6 is 11.6 Å². The lowest BCUT2D eigenvalue weighted by molar-refractivity contribution is -0.151. The lowest BCUT2D eigenvalue weighted by Crippen LogP contribution is -2.48. The van der Waals surface area contributed by atoms with Gasteiger partial charge < -0.3 is 4.74 Å². The number of rotatable bonds is 6. The van der Waals surface area contributed by atoms with Crippen LogP contribution in [0, 0.1) is 0 Å². The summed E-state index contributed by atoms with van der Waals surface area (Å²) in [7, 11) is 0. The molecule has 0 spiro atoms. The van der Waals surface area contributed by atoms with Crippen LogP contribution in [-0.4, -0.2) is 19.1 Å². The van der Waals surface area contributed by atoms with Crippen molar-refractivity contribution in [3.63, 3.8) is 0 Å². The van der Waals surface area contributed by atoms with Gasteiger partial charge in [0, 0.05) is 5.02 Å². The Bertz CT molecular complexity index is 409. The van der Waals surface area contributed by atoms with Crippen molar-refractivity contribution in [2.24, 2.45) is 0 Å². The largest absolute Gasteiger partial charge is 0.464 e. The van der Waals surface area contributed by atoms with Gasteiger partial charge in [0.25, 0.3) is 0 Å². The fraction of sp³-hybridized carbons (Fsp3) is 0.500. The first-order valence-electron chi connectivity index (χ1n) is 6.23. The fourth-order valence-corrected chi connectivity index (χ4v) is 1.93. The molecular formula is C14H20ClNO2. The maximum absolute atomic E-state index is 12.2. The molecule has 0 saturated heterocycles. The van der Waals surface area contributed by atoms with Gasteiger partial charge in [-0.15, -0.1) is 0 Å². The topological polar surface area (TPSA) is 38.3 Å². The van der Waals surface area contributed by atoms with Crippen LogP contribution in [0.5, 0.6) is 0 Å².